The SMILES string of the molecule is C1#C/N=C\C=N/C#C1. The van der Waals surface area contributed by atoms with Gasteiger partial charge in [0, 0.05) is 23.9 Å². The van der Waals surface area contributed by atoms with Gasteiger partial charge in [0.25, 0.3) is 0 Å². The van der Waals surface area contributed by atoms with E-state index in [1.165, 1.54) is 12.4 Å². The largest absolute Gasteiger partial charge is 0.203 e. The topological polar surface area (TPSA) is 24.7 Å². The molecule has 1 aliphatic heterocycles. The summed E-state index contributed by atoms with van der Waals surface area (Å²) in [5.41, 5.74) is 0. The van der Waals surface area contributed by atoms with Crippen LogP contribution in [0.15, 0.2) is 9.98 Å². The molecule has 0 saturated heterocycles. The minimum atomic E-state index is 1.50. The van der Waals surface area contributed by atoms with E-state index < -0.39 is 0 Å². The molecule has 0 unspecified atom stereocenters. The number of nitrogens with zero attached hydrogens (tertiary/aromatic N) is 2. The second-order valence-electron chi connectivity index (χ2n) is 1.03. The molecule has 8 heavy (non-hydrogen) atoms. The van der Waals surface area contributed by atoms with Gasteiger partial charge in [-0.3, -0.25) is 0 Å². The molecule has 1 heterocycles. The molecular weight excluding hydrogens is 100 g/mol. The molecular formula is C6H2N2. The van der Waals surface area contributed by atoms with Crippen LogP contribution in [-0.2, 0) is 0 Å². The summed E-state index contributed by atoms with van der Waals surface area (Å²) in [4.78, 5) is 7.19. The van der Waals surface area contributed by atoms with Crippen LogP contribution in [0.2, 0.25) is 0 Å². The van der Waals surface area contributed by atoms with Crippen molar-refractivity contribution in [1.29, 1.82) is 0 Å². The molecule has 0 aromatic heterocycles. The van der Waals surface area contributed by atoms with Crippen LogP contribution >= 0.6 is 0 Å². The first kappa shape index (κ1) is 4.61. The van der Waals surface area contributed by atoms with Crippen LogP contribution in [0.4, 0.5) is 0 Å². The summed E-state index contributed by atoms with van der Waals surface area (Å²) in [6.07, 6.45) is 3.00. The van der Waals surface area contributed by atoms with Crippen molar-refractivity contribution in [3.05, 3.63) is 0 Å². The molecule has 0 N–H and O–H groups in total. The van der Waals surface area contributed by atoms with E-state index in [2.05, 4.69) is 33.9 Å². The molecule has 0 radical (unpaired) electrons. The van der Waals surface area contributed by atoms with Crippen LogP contribution < -0.4 is 0 Å². The van der Waals surface area contributed by atoms with Gasteiger partial charge in [0.1, 0.15) is 0 Å². The third kappa shape index (κ3) is 1.28. The van der Waals surface area contributed by atoms with Gasteiger partial charge in [0.2, 0.25) is 0 Å². The molecule has 0 atom stereocenters. The Kier molecular flexibility index (Phi) is 1.50. The van der Waals surface area contributed by atoms with E-state index in [-0.39, 0.29) is 0 Å². The summed E-state index contributed by atoms with van der Waals surface area (Å²) in [6.45, 7) is 0. The third-order valence-electron chi connectivity index (χ3n) is 0.519. The Labute approximate surface area is 47.3 Å². The smallest absolute Gasteiger partial charge is 0.0567 e. The lowest BCUT2D eigenvalue weighted by atomic mass is 10.6. The molecule has 0 saturated carbocycles. The molecule has 2 nitrogen and oxygen atoms in total. The molecule has 1 rings (SSSR count). The van der Waals surface area contributed by atoms with Crippen LogP contribution in [0.25, 0.3) is 0 Å². The van der Waals surface area contributed by atoms with E-state index >= 15 is 0 Å². The Balaban J connectivity index is 2.85. The van der Waals surface area contributed by atoms with Crippen molar-refractivity contribution in [2.45, 2.75) is 0 Å². The van der Waals surface area contributed by atoms with Crippen LogP contribution in [0, 0.1) is 23.9 Å². The molecule has 1 aliphatic rings. The molecule has 0 aliphatic carbocycles. The van der Waals surface area contributed by atoms with Crippen molar-refractivity contribution < 1.29 is 0 Å². The Morgan fingerprint density at radius 1 is 0.875 bits per heavy atom. The number of hydrogen-bond donors (Lipinski definition) is 0. The van der Waals surface area contributed by atoms with Crippen molar-refractivity contribution in [1.82, 2.24) is 0 Å². The van der Waals surface area contributed by atoms with Gasteiger partial charge in [-0.05, 0) is 0 Å². The van der Waals surface area contributed by atoms with Crippen LogP contribution in [0.1, 0.15) is 0 Å². The second-order valence-corrected chi connectivity index (χ2v) is 1.03. The van der Waals surface area contributed by atoms with Gasteiger partial charge < -0.3 is 0 Å². The zero-order valence-electron chi connectivity index (χ0n) is 4.05. The Bertz CT molecular complexity index is 211. The van der Waals surface area contributed by atoms with E-state index in [1.807, 2.05) is 0 Å². The molecule has 0 bridgehead atoms. The van der Waals surface area contributed by atoms with Crippen LogP contribution in [-0.4, -0.2) is 12.4 Å². The maximum absolute atomic E-state index is 3.59. The van der Waals surface area contributed by atoms with Gasteiger partial charge in [0.05, 0.1) is 12.4 Å². The predicted molar refractivity (Wildman–Crippen MR) is 32.5 cm³/mol. The molecule has 36 valence electrons. The van der Waals surface area contributed by atoms with E-state index in [0.717, 1.165) is 0 Å². The average molecular weight is 102 g/mol. The number of aliphatic imine (C=N–C) groups is 2. The van der Waals surface area contributed by atoms with Gasteiger partial charge in [-0.25, -0.2) is 9.98 Å². The summed E-state index contributed by atoms with van der Waals surface area (Å²) in [5.74, 6) is 4.93. The Hall–Kier alpha value is -1.54. The highest BCUT2D eigenvalue weighted by Gasteiger charge is 1.63. The van der Waals surface area contributed by atoms with E-state index in [0.29, 0.717) is 0 Å². The number of hydrogen-bond acceptors (Lipinski definition) is 2. The Morgan fingerprint density at radius 2 is 1.38 bits per heavy atom. The summed E-state index contributed by atoms with van der Waals surface area (Å²) >= 11 is 0. The van der Waals surface area contributed by atoms with Crippen molar-refractivity contribution in [2.24, 2.45) is 9.98 Å². The highest BCUT2D eigenvalue weighted by Crippen LogP contribution is 1.64. The lowest BCUT2D eigenvalue weighted by Crippen LogP contribution is -1.72. The Morgan fingerprint density at radius 3 is 1.88 bits per heavy atom. The standard InChI is InChI=1S/C6H2N2/c1-2-4-8-6-5-7-3-1/h5-6H/b6-5?,7-5-,8-6-. The summed E-state index contributed by atoms with van der Waals surface area (Å²) in [5, 5.41) is 0. The minimum absolute atomic E-state index is 1.50. The van der Waals surface area contributed by atoms with Crippen molar-refractivity contribution >= 4 is 12.4 Å². The van der Waals surface area contributed by atoms with Crippen molar-refractivity contribution in [2.75, 3.05) is 0 Å². The normalized spacial score (nSPS) is 20.0. The third-order valence-corrected chi connectivity index (χ3v) is 0.519. The fraction of sp³-hybridized carbons (Fsp3) is 0. The molecule has 0 fully saturated rings. The van der Waals surface area contributed by atoms with Gasteiger partial charge in [-0.2, -0.15) is 0 Å². The quantitative estimate of drug-likeness (QED) is 0.386. The summed E-state index contributed by atoms with van der Waals surface area (Å²) in [7, 11) is 0. The minimum Gasteiger partial charge on any atom is -0.203 e. The van der Waals surface area contributed by atoms with E-state index in [9.17, 15) is 0 Å². The van der Waals surface area contributed by atoms with E-state index in [1.54, 1.807) is 0 Å². The predicted octanol–water partition coefficient (Wildman–Crippen LogP) is 0.0634. The highest BCUT2D eigenvalue weighted by atomic mass is 14.7. The molecule has 0 aromatic rings. The second kappa shape index (κ2) is 2.60. The zero-order valence-corrected chi connectivity index (χ0v) is 4.05. The lowest BCUT2D eigenvalue weighted by Gasteiger charge is -1.68. The maximum atomic E-state index is 3.59. The fourth-order valence-corrected chi connectivity index (χ4v) is 0.262. The summed E-state index contributed by atoms with van der Waals surface area (Å²) in [6, 6.07) is 4.88. The van der Waals surface area contributed by atoms with Crippen LogP contribution in [0.3, 0.4) is 0 Å². The van der Waals surface area contributed by atoms with E-state index in [4.69, 9.17) is 0 Å². The molecule has 0 aromatic carbocycles. The van der Waals surface area contributed by atoms with Gasteiger partial charge in [0.15, 0.2) is 0 Å². The first-order valence-electron chi connectivity index (χ1n) is 2.05. The molecule has 2 heteroatoms. The molecule has 0 amide bonds. The van der Waals surface area contributed by atoms with Crippen molar-refractivity contribution in [3.63, 3.8) is 0 Å². The molecule has 0 spiro atoms. The fourth-order valence-electron chi connectivity index (χ4n) is 0.262. The van der Waals surface area contributed by atoms with Crippen LogP contribution in [0.5, 0.6) is 0 Å². The number of rotatable bonds is 0. The first-order valence-corrected chi connectivity index (χ1v) is 2.05. The van der Waals surface area contributed by atoms with Gasteiger partial charge >= 0.3 is 0 Å². The highest BCUT2D eigenvalue weighted by molar-refractivity contribution is 6.16. The zero-order chi connectivity index (χ0) is 5.66. The van der Waals surface area contributed by atoms with Gasteiger partial charge in [-0.15, -0.1) is 0 Å². The monoisotopic (exact) mass is 102 g/mol. The lowest BCUT2D eigenvalue weighted by molar-refractivity contribution is 1.69. The van der Waals surface area contributed by atoms with Crippen molar-refractivity contribution in [3.8, 4) is 23.9 Å². The first-order chi connectivity index (χ1) is 4.00. The average Bonchev–Trinajstić information content (AvgIpc) is 1.62. The van der Waals surface area contributed by atoms with Gasteiger partial charge in [-0.1, -0.05) is 0 Å². The summed E-state index contributed by atoms with van der Waals surface area (Å²) < 4.78 is 0. The maximum Gasteiger partial charge on any atom is 0.0567 e.